The summed E-state index contributed by atoms with van der Waals surface area (Å²) in [6.07, 6.45) is 2.13. The predicted molar refractivity (Wildman–Crippen MR) is 40.0 cm³/mol. The first-order chi connectivity index (χ1) is 6.20. The van der Waals surface area contributed by atoms with Gasteiger partial charge in [0.15, 0.2) is 5.52 Å². The molecular formula is C6H3N4O3-. The summed E-state index contributed by atoms with van der Waals surface area (Å²) in [4.78, 5) is 19.3. The summed E-state index contributed by atoms with van der Waals surface area (Å²) in [5, 5.41) is 21.4. The van der Waals surface area contributed by atoms with Crippen LogP contribution in [0, 0.1) is 10.1 Å². The molecule has 0 aliphatic rings. The zero-order valence-corrected chi connectivity index (χ0v) is 6.22. The molecule has 2 aromatic rings. The molecule has 0 unspecified atom stereocenters. The third-order valence-corrected chi connectivity index (χ3v) is 1.61. The van der Waals surface area contributed by atoms with Crippen LogP contribution in [0.1, 0.15) is 0 Å². The first-order valence-electron chi connectivity index (χ1n) is 3.33. The van der Waals surface area contributed by atoms with Crippen molar-refractivity contribution in [3.8, 4) is 5.88 Å². The van der Waals surface area contributed by atoms with Gasteiger partial charge >= 0.3 is 5.69 Å². The van der Waals surface area contributed by atoms with Crippen LogP contribution in [0.25, 0.3) is 11.0 Å². The van der Waals surface area contributed by atoms with Gasteiger partial charge in [0, 0.05) is 5.88 Å². The monoisotopic (exact) mass is 179 g/mol. The summed E-state index contributed by atoms with van der Waals surface area (Å²) < 4.78 is 0. The minimum absolute atomic E-state index is 0.0463. The molecule has 7 heteroatoms. The molecule has 7 nitrogen and oxygen atoms in total. The number of hydrogen-bond donors (Lipinski definition) is 1. The van der Waals surface area contributed by atoms with Gasteiger partial charge in [-0.25, -0.2) is 4.98 Å². The number of nitro groups is 1. The summed E-state index contributed by atoms with van der Waals surface area (Å²) in [7, 11) is 0. The Kier molecular flexibility index (Phi) is 1.38. The van der Waals surface area contributed by atoms with E-state index in [4.69, 9.17) is 0 Å². The Morgan fingerprint density at radius 3 is 2.92 bits per heavy atom. The van der Waals surface area contributed by atoms with Gasteiger partial charge in [-0.15, -0.1) is 0 Å². The number of aromatic nitrogens is 3. The topological polar surface area (TPSA) is 108 Å². The molecule has 0 radical (unpaired) electrons. The van der Waals surface area contributed by atoms with E-state index < -0.39 is 10.8 Å². The van der Waals surface area contributed by atoms with E-state index in [-0.39, 0.29) is 16.7 Å². The van der Waals surface area contributed by atoms with Crippen LogP contribution >= 0.6 is 0 Å². The lowest BCUT2D eigenvalue weighted by atomic mass is 10.4. The molecule has 0 atom stereocenters. The Labute approximate surface area is 71.2 Å². The highest BCUT2D eigenvalue weighted by Gasteiger charge is 2.14. The third kappa shape index (κ3) is 0.975. The molecule has 0 fully saturated rings. The maximum absolute atomic E-state index is 11.0. The average Bonchev–Trinajstić information content (AvgIpc) is 2.48. The van der Waals surface area contributed by atoms with Crippen molar-refractivity contribution in [1.29, 1.82) is 0 Å². The van der Waals surface area contributed by atoms with Gasteiger partial charge in [0.2, 0.25) is 0 Å². The maximum atomic E-state index is 11.0. The molecule has 0 bridgehead atoms. The molecule has 0 saturated heterocycles. The van der Waals surface area contributed by atoms with Gasteiger partial charge in [-0.1, -0.05) is 0 Å². The quantitative estimate of drug-likeness (QED) is 0.487. The van der Waals surface area contributed by atoms with Gasteiger partial charge in [-0.2, -0.15) is 0 Å². The predicted octanol–water partition coefficient (Wildman–Crippen LogP) is -0.0603. The molecule has 0 spiro atoms. The largest absolute Gasteiger partial charge is 0.857 e. The Balaban J connectivity index is 2.83. The van der Waals surface area contributed by atoms with Crippen molar-refractivity contribution in [2.24, 2.45) is 0 Å². The molecule has 1 N–H and O–H groups in total. The summed E-state index contributed by atoms with van der Waals surface area (Å²) in [5.41, 5.74) is -0.103. The Morgan fingerprint density at radius 2 is 2.23 bits per heavy atom. The molecule has 0 amide bonds. The molecule has 2 aromatic heterocycles. The molecular weight excluding hydrogens is 176 g/mol. The van der Waals surface area contributed by atoms with Crippen LogP contribution < -0.4 is 5.11 Å². The van der Waals surface area contributed by atoms with Crippen molar-refractivity contribution in [3.05, 3.63) is 22.6 Å². The minimum atomic E-state index is -0.606. The highest BCUT2D eigenvalue weighted by Crippen LogP contribution is 2.25. The highest BCUT2D eigenvalue weighted by atomic mass is 16.6. The number of aromatic amines is 1. The first-order valence-corrected chi connectivity index (χ1v) is 3.33. The number of nitrogens with zero attached hydrogens (tertiary/aromatic N) is 3. The highest BCUT2D eigenvalue weighted by molar-refractivity contribution is 5.87. The summed E-state index contributed by atoms with van der Waals surface area (Å²) in [6.45, 7) is 0. The van der Waals surface area contributed by atoms with E-state index in [1.165, 1.54) is 0 Å². The van der Waals surface area contributed by atoms with E-state index >= 15 is 0 Å². The molecule has 0 aromatic carbocycles. The second kappa shape index (κ2) is 2.41. The van der Waals surface area contributed by atoms with E-state index in [0.29, 0.717) is 0 Å². The SMILES string of the molecule is O=[N+]([O-])c1c[nH]c2c([O-])ncnc12. The van der Waals surface area contributed by atoms with Crippen LogP contribution in [0.5, 0.6) is 5.88 Å². The van der Waals surface area contributed by atoms with Crippen molar-refractivity contribution >= 4 is 16.7 Å². The van der Waals surface area contributed by atoms with Gasteiger partial charge in [0.1, 0.15) is 6.33 Å². The molecule has 0 saturated carbocycles. The standard InChI is InChI=1S/C6H4N4O3/c11-6-5-4(8-2-9-6)3(1-7-5)10(12)13/h1-2,7H,(H,8,9,11)/p-1. The lowest BCUT2D eigenvalue weighted by Gasteiger charge is -2.01. The molecule has 2 rings (SSSR count). The van der Waals surface area contributed by atoms with Crippen LogP contribution in [0.15, 0.2) is 12.5 Å². The second-order valence-electron chi connectivity index (χ2n) is 2.33. The van der Waals surface area contributed by atoms with Crippen LogP contribution in [0.3, 0.4) is 0 Å². The zero-order valence-electron chi connectivity index (χ0n) is 6.22. The fourth-order valence-electron chi connectivity index (χ4n) is 1.04. The Bertz CT molecular complexity index is 478. The van der Waals surface area contributed by atoms with Crippen molar-refractivity contribution in [1.82, 2.24) is 15.0 Å². The lowest BCUT2D eigenvalue weighted by Crippen LogP contribution is -1.95. The fraction of sp³-hybridized carbons (Fsp3) is 0. The van der Waals surface area contributed by atoms with Gasteiger partial charge in [0.25, 0.3) is 0 Å². The second-order valence-corrected chi connectivity index (χ2v) is 2.33. The normalized spacial score (nSPS) is 10.5. The van der Waals surface area contributed by atoms with E-state index in [1.807, 2.05) is 0 Å². The number of H-pyrrole nitrogens is 1. The zero-order chi connectivity index (χ0) is 9.42. The van der Waals surface area contributed by atoms with E-state index in [9.17, 15) is 15.2 Å². The van der Waals surface area contributed by atoms with Crippen LogP contribution in [-0.2, 0) is 0 Å². The van der Waals surface area contributed by atoms with Gasteiger partial charge < -0.3 is 10.1 Å². The van der Waals surface area contributed by atoms with E-state index in [2.05, 4.69) is 15.0 Å². The third-order valence-electron chi connectivity index (χ3n) is 1.61. The lowest BCUT2D eigenvalue weighted by molar-refractivity contribution is -0.383. The van der Waals surface area contributed by atoms with E-state index in [0.717, 1.165) is 12.5 Å². The Hall–Kier alpha value is -2.18. The summed E-state index contributed by atoms with van der Waals surface area (Å²) in [6, 6.07) is 0. The van der Waals surface area contributed by atoms with Gasteiger partial charge in [-0.05, 0) is 0 Å². The minimum Gasteiger partial charge on any atom is -0.857 e. The van der Waals surface area contributed by atoms with Crippen LogP contribution in [-0.4, -0.2) is 19.9 Å². The molecule has 0 aliphatic carbocycles. The van der Waals surface area contributed by atoms with Crippen molar-refractivity contribution in [2.45, 2.75) is 0 Å². The van der Waals surface area contributed by atoms with Gasteiger partial charge in [0.05, 0.1) is 16.6 Å². The first kappa shape index (κ1) is 7.47. The number of rotatable bonds is 1. The molecule has 13 heavy (non-hydrogen) atoms. The van der Waals surface area contributed by atoms with Gasteiger partial charge in [-0.3, -0.25) is 15.1 Å². The summed E-state index contributed by atoms with van der Waals surface area (Å²) in [5.74, 6) is -0.543. The van der Waals surface area contributed by atoms with Crippen molar-refractivity contribution in [3.63, 3.8) is 0 Å². The van der Waals surface area contributed by atoms with Crippen molar-refractivity contribution < 1.29 is 10.0 Å². The molecule has 66 valence electrons. The molecule has 0 aliphatic heterocycles. The fourth-order valence-corrected chi connectivity index (χ4v) is 1.04. The van der Waals surface area contributed by atoms with E-state index in [1.54, 1.807) is 0 Å². The Morgan fingerprint density at radius 1 is 1.46 bits per heavy atom. The van der Waals surface area contributed by atoms with Crippen LogP contribution in [0.4, 0.5) is 5.69 Å². The van der Waals surface area contributed by atoms with Crippen molar-refractivity contribution in [2.75, 3.05) is 0 Å². The smallest absolute Gasteiger partial charge is 0.312 e. The number of hydrogen-bond acceptors (Lipinski definition) is 5. The number of nitrogens with one attached hydrogen (secondary N) is 1. The van der Waals surface area contributed by atoms with Crippen LogP contribution in [0.2, 0.25) is 0 Å². The molecule has 2 heterocycles. The maximum Gasteiger partial charge on any atom is 0.312 e. The number of fused-ring (bicyclic) bond motifs is 1. The summed E-state index contributed by atoms with van der Waals surface area (Å²) >= 11 is 0. The average molecular weight is 179 g/mol.